The predicted octanol–water partition coefficient (Wildman–Crippen LogP) is 16.4. The molecule has 0 spiro atoms. The fourth-order valence-electron chi connectivity index (χ4n) is 10.3. The number of ether oxygens (including phenoxy) is 5. The summed E-state index contributed by atoms with van der Waals surface area (Å²) in [5.74, 6) is 5.55. The number of aryl methyl sites for hydroxylation is 7. The summed E-state index contributed by atoms with van der Waals surface area (Å²) in [7, 11) is -9.48. The van der Waals surface area contributed by atoms with Gasteiger partial charge in [-0.1, -0.05) is 47.7 Å². The smallest absolute Gasteiger partial charge is 0.278 e. The minimum atomic E-state index is -3.89. The van der Waals surface area contributed by atoms with Gasteiger partial charge in [0, 0.05) is 123 Å². The van der Waals surface area contributed by atoms with E-state index in [2.05, 4.69) is 72.7 Å². The molecular weight excluding hydrogens is 2320 g/mol. The predicted molar refractivity (Wildman–Crippen MR) is 538 cm³/mol. The molecule has 0 fully saturated rings. The Morgan fingerprint density at radius 3 is 0.971 bits per heavy atom. The fraction of sp³-hybridized carbons (Fsp3) is 0.267. The summed E-state index contributed by atoms with van der Waals surface area (Å²) in [6, 6.07) is 16.7. The van der Waals surface area contributed by atoms with E-state index in [0.29, 0.717) is 72.3 Å². The van der Waals surface area contributed by atoms with Crippen molar-refractivity contribution in [1.82, 2.24) is 36.1 Å². The number of aromatic nitrogens is 7. The van der Waals surface area contributed by atoms with Crippen molar-refractivity contribution in [3.05, 3.63) is 170 Å². The van der Waals surface area contributed by atoms with Gasteiger partial charge < -0.3 is 76.4 Å². The third-order valence-corrected chi connectivity index (χ3v) is 44.3. The van der Waals surface area contributed by atoms with Crippen LogP contribution in [0.1, 0.15) is 59.7 Å². The number of nitrogens with zero attached hydrogens (tertiary/aromatic N) is 13. The number of rotatable bonds is 28. The Labute approximate surface area is 856 Å². The van der Waals surface area contributed by atoms with Crippen LogP contribution < -0.4 is 60.0 Å². The Hall–Kier alpha value is -10.5. The van der Waals surface area contributed by atoms with E-state index >= 15 is 0 Å². The van der Waals surface area contributed by atoms with E-state index in [1.54, 1.807) is 112 Å². The first-order valence-corrected chi connectivity index (χ1v) is 59.0. The second kappa shape index (κ2) is 48.0. The summed E-state index contributed by atoms with van der Waals surface area (Å²) < 4.78 is 262. The molecule has 65 heteroatoms. The minimum absolute atomic E-state index is 0.0308. The average molecular weight is 2400 g/mol. The maximum absolute atomic E-state index is 12.8. The zero-order chi connectivity index (χ0) is 105. The van der Waals surface area contributed by atoms with Gasteiger partial charge in [-0.15, -0.1) is 90.7 Å². The van der Waals surface area contributed by atoms with Gasteiger partial charge in [0.25, 0.3) is 79.2 Å². The number of hydrogen-bond donors (Lipinski definition) is 5. The highest BCUT2D eigenvalue weighted by Crippen LogP contribution is 2.45. The van der Waals surface area contributed by atoms with Crippen molar-refractivity contribution in [1.29, 1.82) is 0 Å². The number of nitrogens with one attached hydrogen (secondary N) is 1. The molecule has 0 aliphatic heterocycles. The lowest BCUT2D eigenvalue weighted by Gasteiger charge is -2.15. The average Bonchev–Trinajstić information content (AvgIpc) is 1.70. The van der Waals surface area contributed by atoms with Crippen LogP contribution in [0.25, 0.3) is 6.08 Å². The van der Waals surface area contributed by atoms with Crippen LogP contribution >= 0.6 is 133 Å². The van der Waals surface area contributed by atoms with Crippen LogP contribution in [-0.2, 0) is 79.2 Å². The highest BCUT2D eigenvalue weighted by molar-refractivity contribution is 9.11. The van der Waals surface area contributed by atoms with Crippen LogP contribution in [0.15, 0.2) is 190 Å². The van der Waals surface area contributed by atoms with Crippen molar-refractivity contribution in [2.45, 2.75) is 96.0 Å². The summed E-state index contributed by atoms with van der Waals surface area (Å²) in [4.78, 5) is 0. The first-order chi connectivity index (χ1) is 65.3. The van der Waals surface area contributed by atoms with Crippen LogP contribution in [0.2, 0.25) is 0 Å². The van der Waals surface area contributed by atoms with Crippen LogP contribution in [-0.4, -0.2) is 197 Å². The van der Waals surface area contributed by atoms with E-state index in [9.17, 15) is 82.7 Å². The van der Waals surface area contributed by atoms with Crippen molar-refractivity contribution >= 4 is 265 Å². The monoisotopic (exact) mass is 2400 g/mol. The third kappa shape index (κ3) is 27.7. The summed E-state index contributed by atoms with van der Waals surface area (Å²) in [6.07, 6.45) is 1.88. The molecule has 15 heterocycles. The second-order valence-corrected chi connectivity index (χ2v) is 54.1. The Kier molecular flexibility index (Phi) is 39.4. The molecular formula is C75H86Br2ClN15O31S16. The van der Waals surface area contributed by atoms with Gasteiger partial charge >= 0.3 is 0 Å². The lowest BCUT2D eigenvalue weighted by Crippen LogP contribution is -2.26. The van der Waals surface area contributed by atoms with Gasteiger partial charge in [0.15, 0.2) is 97.4 Å². The number of anilines is 8. The van der Waals surface area contributed by atoms with E-state index < -0.39 is 85.0 Å². The summed E-state index contributed by atoms with van der Waals surface area (Å²) >= 11 is 14.4. The minimum Gasteiger partial charge on any atom is -0.506 e. The van der Waals surface area contributed by atoms with Gasteiger partial charge in [0.05, 0.1) is 50.2 Å². The molecule has 0 saturated carbocycles. The Morgan fingerprint density at radius 2 is 0.664 bits per heavy atom. The van der Waals surface area contributed by atoms with Gasteiger partial charge in [-0.2, -0.15) is 50.5 Å². The molecule has 0 saturated heterocycles. The molecule has 6 N–H and O–H groups in total. The molecule has 46 nitrogen and oxygen atoms in total. The quantitative estimate of drug-likeness (QED) is 0.0284. The number of nitrogens with two attached hydrogens (primary N) is 1. The maximum Gasteiger partial charge on any atom is 0.278 e. The highest BCUT2D eigenvalue weighted by atomic mass is 79.9. The van der Waals surface area contributed by atoms with Crippen molar-refractivity contribution in [3.8, 4) is 46.0 Å². The highest BCUT2D eigenvalue weighted by Gasteiger charge is 2.37. The third-order valence-electron chi connectivity index (χ3n) is 17.3. The fourth-order valence-corrected chi connectivity index (χ4v) is 31.5. The SMILES string of the molecule is COc1c(Br)csc1S(=O)(=O)N(C)c1cc(C)on1.COc1c(C=C(C)C)csc1S(=O)(=O)N(C)c1cc(C)on1.COc1ccsc1S(=O)(=O)Cl.COc1ccsc1S(=O)(=O)N(C)c1cc(C)on1.COc1ccsc1S(=O)(=O)Nc1cc(C)on1.Cc1cc(N(C)S(=O)(=O)c2scc(Br)c2O)no1.Cc1cc(N(C)S(=O)(=O)c2scc(N)c2O)no1.Cc1cc(N(C)S(=O)(=O)c2sccc2O)no1. The van der Waals surface area contributed by atoms with Crippen LogP contribution in [0.5, 0.6) is 46.0 Å². The topological polar surface area (TPSA) is 620 Å². The number of thiophene rings is 8. The Balaban J connectivity index is 0.000000197. The Bertz CT molecular complexity index is 7650. The molecule has 0 unspecified atom stereocenters. The van der Waals surface area contributed by atoms with Crippen LogP contribution in [0, 0.1) is 48.5 Å². The van der Waals surface area contributed by atoms with Crippen LogP contribution in [0.4, 0.5) is 46.4 Å². The largest absolute Gasteiger partial charge is 0.506 e. The van der Waals surface area contributed by atoms with Crippen molar-refractivity contribution in [3.63, 3.8) is 0 Å². The first-order valence-electron chi connectivity index (χ1n) is 38.0. The van der Waals surface area contributed by atoms with E-state index in [1.165, 1.54) is 124 Å². The van der Waals surface area contributed by atoms with Crippen molar-refractivity contribution in [2.75, 3.05) is 114 Å². The molecule has 0 amide bonds. The summed E-state index contributed by atoms with van der Waals surface area (Å²) in [6.45, 7) is 15.6. The lowest BCUT2D eigenvalue weighted by molar-refractivity contribution is 0.398. The molecule has 764 valence electrons. The molecule has 0 bridgehead atoms. The molecule has 0 aromatic carbocycles. The van der Waals surface area contributed by atoms with Gasteiger partial charge in [-0.3, -0.25) is 4.72 Å². The summed E-state index contributed by atoms with van der Waals surface area (Å²) in [5, 5.41) is 67.0. The van der Waals surface area contributed by atoms with E-state index in [4.69, 9.17) is 71.8 Å². The molecule has 0 aliphatic carbocycles. The van der Waals surface area contributed by atoms with Crippen molar-refractivity contribution in [2.24, 2.45) is 0 Å². The van der Waals surface area contributed by atoms with Gasteiger partial charge in [0.2, 0.25) is 0 Å². The van der Waals surface area contributed by atoms with Crippen molar-refractivity contribution < 1.29 is 138 Å². The van der Waals surface area contributed by atoms with E-state index in [-0.39, 0.29) is 97.3 Å². The van der Waals surface area contributed by atoms with Crippen LogP contribution in [0.3, 0.4) is 0 Å². The lowest BCUT2D eigenvalue weighted by atomic mass is 10.2. The molecule has 0 aliphatic rings. The number of allylic oxidation sites excluding steroid dienone is 1. The zero-order valence-corrected chi connectivity index (χ0v) is 93.4. The van der Waals surface area contributed by atoms with Gasteiger partial charge in [0.1, 0.15) is 63.3 Å². The molecule has 140 heavy (non-hydrogen) atoms. The molecule has 0 atom stereocenters. The summed E-state index contributed by atoms with van der Waals surface area (Å²) in [5.41, 5.74) is 7.26. The number of halogens is 3. The molecule has 15 aromatic rings. The van der Waals surface area contributed by atoms with Gasteiger partial charge in [-0.25, -0.2) is 42.7 Å². The van der Waals surface area contributed by atoms with E-state index in [1.807, 2.05) is 19.9 Å². The number of methoxy groups -OCH3 is 5. The normalized spacial score (nSPS) is 11.5. The maximum atomic E-state index is 12.8. The molecule has 0 radical (unpaired) electrons. The Morgan fingerprint density at radius 1 is 0.371 bits per heavy atom. The zero-order valence-electron chi connectivity index (χ0n) is 76.4. The first kappa shape index (κ1) is 115. The number of sulfonamides is 7. The van der Waals surface area contributed by atoms with E-state index in [0.717, 1.165) is 128 Å². The van der Waals surface area contributed by atoms with Gasteiger partial charge in [-0.05, 0) is 140 Å². The molecule has 15 aromatic heterocycles. The second-order valence-electron chi connectivity index (χ2n) is 27.6. The standard InChI is InChI=1S/C14H18N2O4S2.C10H11BrN2O4S2.C10H12N2O4S2.C9H9BrN2O4S2.C9H11N3O4S2.2C9H10N2O4S2.C5H5ClO3S2/c1-9(2)6-11-8-21-14(13(11)19-5)22(17,18)16(4)12-7-10(3)20-15-12;1-6-4-8(12-17-6)13(2)19(14,15)10-9(16-3)7(11)5-18-10;1-7-6-9(11-16-7)12(2)18(13,14)10-8(15-3)4-5-17-10;2*1-5-3-7(11-16-5)12(2)18(14,15)9-8(13)6(10)4-17-9;1-6-5-8(10-15-6)11-17(12,13)9-7(14-2)3-4-16-9;1-6-5-8(10-15-6)11(2)17(13,14)9-7(12)3-4-16-9;1-9-4-2-3-10-5(4)11(6,7)8/h6-8H,1-5H3;4-5H,1-3H3;4-6H,1-3H3;3-4,13H,1-2H3;3-4,13H,10H2,1-2H3;3-5H,1-2H3,(H,10,11);3-5,12H,1-2H3;2-3H,1H3. The number of hydrogen-bond acceptors (Lipinski definition) is 47. The molecule has 15 rings (SSSR count). The number of nitrogen functional groups attached to an aromatic ring is 1. The number of aromatic hydroxyl groups is 3.